The first-order valence-electron chi connectivity index (χ1n) is 8.32. The van der Waals surface area contributed by atoms with E-state index in [1.165, 1.54) is 5.56 Å². The van der Waals surface area contributed by atoms with Crippen LogP contribution < -0.4 is 10.1 Å². The third-order valence-electron chi connectivity index (χ3n) is 4.75. The molecular formula is C21H17N3O. The Morgan fingerprint density at radius 2 is 1.68 bits per heavy atom. The van der Waals surface area contributed by atoms with Crippen LogP contribution >= 0.6 is 0 Å². The topological polar surface area (TPSA) is 39.1 Å². The predicted molar refractivity (Wildman–Crippen MR) is 99.9 cm³/mol. The Labute approximate surface area is 145 Å². The van der Waals surface area contributed by atoms with Crippen LogP contribution in [0.4, 0.5) is 5.69 Å². The van der Waals surface area contributed by atoms with Crippen molar-refractivity contribution in [3.05, 3.63) is 78.4 Å². The summed E-state index contributed by atoms with van der Waals surface area (Å²) in [6.07, 6.45) is -0.0109. The number of imidazole rings is 1. The Balaban J connectivity index is 1.76. The quantitative estimate of drug-likeness (QED) is 0.581. The molecule has 0 saturated carbocycles. The van der Waals surface area contributed by atoms with Gasteiger partial charge < -0.3 is 10.1 Å². The summed E-state index contributed by atoms with van der Waals surface area (Å²) in [5.41, 5.74) is 5.53. The van der Waals surface area contributed by atoms with Crippen molar-refractivity contribution in [3.63, 3.8) is 0 Å². The van der Waals surface area contributed by atoms with E-state index in [2.05, 4.69) is 64.5 Å². The Morgan fingerprint density at radius 1 is 0.920 bits per heavy atom. The van der Waals surface area contributed by atoms with Crippen LogP contribution in [0.1, 0.15) is 11.7 Å². The van der Waals surface area contributed by atoms with Gasteiger partial charge in [-0.1, -0.05) is 36.4 Å². The average Bonchev–Trinajstić information content (AvgIpc) is 3.07. The largest absolute Gasteiger partial charge is 0.497 e. The summed E-state index contributed by atoms with van der Waals surface area (Å²) in [6, 6.07) is 24.8. The first kappa shape index (κ1) is 14.1. The van der Waals surface area contributed by atoms with Gasteiger partial charge in [-0.05, 0) is 42.0 Å². The molecule has 4 aromatic rings. The lowest BCUT2D eigenvalue weighted by molar-refractivity contribution is 0.414. The average molecular weight is 327 g/mol. The normalized spacial score (nSPS) is 15.3. The van der Waals surface area contributed by atoms with E-state index in [9.17, 15) is 0 Å². The molecule has 2 heterocycles. The van der Waals surface area contributed by atoms with Crippen LogP contribution in [0.3, 0.4) is 0 Å². The molecule has 0 unspecified atom stereocenters. The first-order valence-corrected chi connectivity index (χ1v) is 8.32. The maximum Gasteiger partial charge on any atom is 0.145 e. The molecule has 0 saturated heterocycles. The van der Waals surface area contributed by atoms with Crippen LogP contribution in [0.5, 0.6) is 5.75 Å². The summed E-state index contributed by atoms with van der Waals surface area (Å²) < 4.78 is 7.58. The summed E-state index contributed by atoms with van der Waals surface area (Å²) in [5.74, 6) is 1.85. The van der Waals surface area contributed by atoms with Gasteiger partial charge >= 0.3 is 0 Å². The van der Waals surface area contributed by atoms with Crippen molar-refractivity contribution in [2.75, 3.05) is 12.4 Å². The van der Waals surface area contributed by atoms with Gasteiger partial charge in [0.1, 0.15) is 17.7 Å². The van der Waals surface area contributed by atoms with E-state index < -0.39 is 0 Å². The number of benzene rings is 3. The molecule has 3 aromatic carbocycles. The summed E-state index contributed by atoms with van der Waals surface area (Å²) in [6.45, 7) is 0. The third-order valence-corrected chi connectivity index (χ3v) is 4.75. The van der Waals surface area contributed by atoms with Crippen molar-refractivity contribution in [2.45, 2.75) is 6.17 Å². The van der Waals surface area contributed by atoms with Crippen LogP contribution in [-0.2, 0) is 0 Å². The highest BCUT2D eigenvalue weighted by atomic mass is 16.5. The second-order valence-corrected chi connectivity index (χ2v) is 6.16. The van der Waals surface area contributed by atoms with Crippen molar-refractivity contribution in [1.29, 1.82) is 0 Å². The standard InChI is InChI=1S/C21H17N3O/c1-25-15-12-10-14(11-13-15)20-22-17-7-3-2-6-16(17)21-23-18-8-4-5-9-19(18)24(20)21/h2-13,20,22H,1H3/t20-/m0/s1. The molecule has 122 valence electrons. The minimum atomic E-state index is -0.0109. The van der Waals surface area contributed by atoms with Crippen molar-refractivity contribution in [2.24, 2.45) is 0 Å². The smallest absolute Gasteiger partial charge is 0.145 e. The van der Waals surface area contributed by atoms with Gasteiger partial charge in [0, 0.05) is 11.3 Å². The monoisotopic (exact) mass is 327 g/mol. The van der Waals surface area contributed by atoms with Crippen molar-refractivity contribution < 1.29 is 4.74 Å². The molecule has 25 heavy (non-hydrogen) atoms. The molecule has 0 aliphatic carbocycles. The minimum absolute atomic E-state index is 0.0109. The van der Waals surface area contributed by atoms with Gasteiger partial charge in [0.15, 0.2) is 0 Å². The third kappa shape index (κ3) is 2.11. The van der Waals surface area contributed by atoms with Crippen LogP contribution in [0.25, 0.3) is 22.4 Å². The predicted octanol–water partition coefficient (Wildman–Crippen LogP) is 4.68. The van der Waals surface area contributed by atoms with E-state index in [1.807, 2.05) is 18.2 Å². The van der Waals surface area contributed by atoms with Gasteiger partial charge in [-0.15, -0.1) is 0 Å². The molecule has 5 rings (SSSR count). The number of aromatic nitrogens is 2. The fourth-order valence-electron chi connectivity index (χ4n) is 3.53. The number of nitrogens with zero attached hydrogens (tertiary/aromatic N) is 2. The summed E-state index contributed by atoms with van der Waals surface area (Å²) in [4.78, 5) is 4.90. The molecule has 4 heteroatoms. The van der Waals surface area contributed by atoms with Crippen molar-refractivity contribution in [1.82, 2.24) is 9.55 Å². The van der Waals surface area contributed by atoms with Crippen molar-refractivity contribution in [3.8, 4) is 17.1 Å². The van der Waals surface area contributed by atoms with Crippen molar-refractivity contribution >= 4 is 16.7 Å². The Bertz CT molecular complexity index is 1070. The molecule has 0 fully saturated rings. The highest BCUT2D eigenvalue weighted by molar-refractivity contribution is 5.86. The SMILES string of the molecule is COc1ccc([C@H]2Nc3ccccc3-c3nc4ccccc4n32)cc1. The number of nitrogens with one attached hydrogen (secondary N) is 1. The molecular weight excluding hydrogens is 310 g/mol. The summed E-state index contributed by atoms with van der Waals surface area (Å²) >= 11 is 0. The van der Waals surface area contributed by atoms with Gasteiger partial charge in [-0.2, -0.15) is 0 Å². The number of hydrogen-bond acceptors (Lipinski definition) is 3. The Morgan fingerprint density at radius 3 is 2.52 bits per heavy atom. The zero-order valence-electron chi connectivity index (χ0n) is 13.8. The molecule has 0 spiro atoms. The number of ether oxygens (including phenoxy) is 1. The van der Waals surface area contributed by atoms with E-state index in [4.69, 9.17) is 9.72 Å². The molecule has 1 aromatic heterocycles. The zero-order valence-corrected chi connectivity index (χ0v) is 13.8. The summed E-state index contributed by atoms with van der Waals surface area (Å²) in [5, 5.41) is 3.67. The van der Waals surface area contributed by atoms with E-state index in [0.29, 0.717) is 0 Å². The Hall–Kier alpha value is -3.27. The molecule has 0 amide bonds. The molecule has 1 N–H and O–H groups in total. The number of para-hydroxylation sites is 3. The maximum atomic E-state index is 5.30. The number of hydrogen-bond donors (Lipinski definition) is 1. The molecule has 4 nitrogen and oxygen atoms in total. The summed E-state index contributed by atoms with van der Waals surface area (Å²) in [7, 11) is 1.69. The number of methoxy groups -OCH3 is 1. The van der Waals surface area contributed by atoms with Gasteiger partial charge in [0.05, 0.1) is 18.1 Å². The fourth-order valence-corrected chi connectivity index (χ4v) is 3.53. The molecule has 1 atom stereocenters. The number of rotatable bonds is 2. The van der Waals surface area contributed by atoms with E-state index in [-0.39, 0.29) is 6.17 Å². The fraction of sp³-hybridized carbons (Fsp3) is 0.0952. The van der Waals surface area contributed by atoms with Gasteiger partial charge in [0.2, 0.25) is 0 Å². The highest BCUT2D eigenvalue weighted by Gasteiger charge is 2.27. The number of anilines is 1. The number of fused-ring (bicyclic) bond motifs is 5. The van der Waals surface area contributed by atoms with E-state index in [0.717, 1.165) is 33.9 Å². The van der Waals surface area contributed by atoms with Gasteiger partial charge in [-0.3, -0.25) is 4.57 Å². The molecule has 0 radical (unpaired) electrons. The Kier molecular flexibility index (Phi) is 3.04. The second kappa shape index (κ2) is 5.38. The first-order chi connectivity index (χ1) is 12.3. The molecule has 1 aliphatic heterocycles. The molecule has 1 aliphatic rings. The van der Waals surface area contributed by atoms with Gasteiger partial charge in [-0.25, -0.2) is 4.98 Å². The minimum Gasteiger partial charge on any atom is -0.497 e. The van der Waals surface area contributed by atoms with Crippen LogP contribution in [-0.4, -0.2) is 16.7 Å². The molecule has 0 bridgehead atoms. The lowest BCUT2D eigenvalue weighted by Crippen LogP contribution is -2.24. The van der Waals surface area contributed by atoms with Crippen LogP contribution in [0.15, 0.2) is 72.8 Å². The maximum absolute atomic E-state index is 5.30. The second-order valence-electron chi connectivity index (χ2n) is 6.16. The van der Waals surface area contributed by atoms with Gasteiger partial charge in [0.25, 0.3) is 0 Å². The van der Waals surface area contributed by atoms with Crippen LogP contribution in [0.2, 0.25) is 0 Å². The van der Waals surface area contributed by atoms with Crippen LogP contribution in [0, 0.1) is 0 Å². The lowest BCUT2D eigenvalue weighted by atomic mass is 10.1. The zero-order chi connectivity index (χ0) is 16.8. The highest BCUT2D eigenvalue weighted by Crippen LogP contribution is 2.40. The van der Waals surface area contributed by atoms with E-state index in [1.54, 1.807) is 7.11 Å². The van der Waals surface area contributed by atoms with E-state index >= 15 is 0 Å². The lowest BCUT2D eigenvalue weighted by Gasteiger charge is -2.30.